The number of amides is 2. The van der Waals surface area contributed by atoms with Crippen LogP contribution in [0.2, 0.25) is 0 Å². The zero-order valence-corrected chi connectivity index (χ0v) is 25.4. The lowest BCUT2D eigenvalue weighted by Crippen LogP contribution is -2.46. The number of aromatic nitrogens is 1. The monoisotopic (exact) mass is 615 g/mol. The van der Waals surface area contributed by atoms with E-state index >= 15 is 0 Å². The number of piperidine rings is 1. The summed E-state index contributed by atoms with van der Waals surface area (Å²) in [5, 5.41) is 6.79. The molecule has 1 aromatic heterocycles. The summed E-state index contributed by atoms with van der Waals surface area (Å²) in [6.45, 7) is 4.54. The molecule has 3 fully saturated rings. The standard InChI is InChI=1S/C34H37N3O8/c1-20-16-29(36-45-20)32(39)35-21(2)31(24-9-7-23(8-10-24)22-5-6-22)43-27-13-11-25(12-14-27)34(41)44-28-4-3-15-37(18-28)33(40)26-17-30(38)42-19-26/h7-14,16,21-22,26,28,31H,3-6,15,17-19H2,1-2H3,(H,35,39)/t21-,26+,28-,31-/m0/s1. The number of carbonyl (C=O) groups is 4. The van der Waals surface area contributed by atoms with E-state index in [2.05, 4.69) is 22.6 Å². The Morgan fingerprint density at radius 3 is 2.44 bits per heavy atom. The summed E-state index contributed by atoms with van der Waals surface area (Å²) in [6.07, 6.45) is 2.87. The van der Waals surface area contributed by atoms with Gasteiger partial charge in [-0.2, -0.15) is 0 Å². The summed E-state index contributed by atoms with van der Waals surface area (Å²) < 4.78 is 22.2. The van der Waals surface area contributed by atoms with Gasteiger partial charge in [-0.25, -0.2) is 4.79 Å². The predicted molar refractivity (Wildman–Crippen MR) is 160 cm³/mol. The Bertz CT molecular complexity index is 1550. The van der Waals surface area contributed by atoms with E-state index in [1.807, 2.05) is 19.1 Å². The van der Waals surface area contributed by atoms with Crippen LogP contribution < -0.4 is 10.1 Å². The number of carbonyl (C=O) groups excluding carboxylic acids is 4. The molecule has 3 aliphatic rings. The van der Waals surface area contributed by atoms with Gasteiger partial charge in [0, 0.05) is 12.6 Å². The van der Waals surface area contributed by atoms with Crippen molar-refractivity contribution >= 4 is 23.8 Å². The van der Waals surface area contributed by atoms with Crippen molar-refractivity contribution in [2.75, 3.05) is 19.7 Å². The fourth-order valence-electron chi connectivity index (χ4n) is 5.86. The molecule has 11 nitrogen and oxygen atoms in total. The van der Waals surface area contributed by atoms with Crippen molar-refractivity contribution < 1.29 is 37.9 Å². The predicted octanol–water partition coefficient (Wildman–Crippen LogP) is 4.51. The van der Waals surface area contributed by atoms with Gasteiger partial charge in [-0.3, -0.25) is 14.4 Å². The van der Waals surface area contributed by atoms with Crippen molar-refractivity contribution in [3.05, 3.63) is 82.7 Å². The molecule has 0 unspecified atom stereocenters. The Morgan fingerprint density at radius 2 is 1.80 bits per heavy atom. The largest absolute Gasteiger partial charge is 0.484 e. The molecule has 1 aliphatic carbocycles. The third-order valence-corrected chi connectivity index (χ3v) is 8.51. The van der Waals surface area contributed by atoms with Gasteiger partial charge in [0.15, 0.2) is 5.69 Å². The minimum atomic E-state index is -0.528. The van der Waals surface area contributed by atoms with Crippen LogP contribution in [0.1, 0.15) is 88.8 Å². The minimum absolute atomic E-state index is 0.0906. The Balaban J connectivity index is 1.10. The first-order chi connectivity index (χ1) is 21.7. The molecule has 1 N–H and O–H groups in total. The number of nitrogens with zero attached hydrogens (tertiary/aromatic N) is 2. The molecule has 4 atom stereocenters. The minimum Gasteiger partial charge on any atom is -0.484 e. The first-order valence-electron chi connectivity index (χ1n) is 15.5. The van der Waals surface area contributed by atoms with Crippen LogP contribution in [-0.2, 0) is 19.1 Å². The molecule has 2 aliphatic heterocycles. The zero-order chi connectivity index (χ0) is 31.5. The summed E-state index contributed by atoms with van der Waals surface area (Å²) in [7, 11) is 0. The van der Waals surface area contributed by atoms with E-state index in [0.29, 0.717) is 42.4 Å². The molecule has 2 amide bonds. The molecule has 11 heteroatoms. The molecular formula is C34H37N3O8. The average Bonchev–Trinajstić information content (AvgIpc) is 3.66. The topological polar surface area (TPSA) is 137 Å². The molecule has 2 aromatic carbocycles. The lowest BCUT2D eigenvalue weighted by molar-refractivity contribution is -0.139. The van der Waals surface area contributed by atoms with Crippen LogP contribution in [0.25, 0.3) is 0 Å². The Hall–Kier alpha value is -4.67. The molecule has 3 heterocycles. The van der Waals surface area contributed by atoms with Gasteiger partial charge in [0.05, 0.1) is 30.5 Å². The molecule has 3 aromatic rings. The van der Waals surface area contributed by atoms with Gasteiger partial charge in [0.2, 0.25) is 5.91 Å². The van der Waals surface area contributed by atoms with Crippen molar-refractivity contribution in [2.45, 2.75) is 70.1 Å². The maximum Gasteiger partial charge on any atom is 0.338 e. The van der Waals surface area contributed by atoms with Gasteiger partial charge in [-0.05, 0) is 80.8 Å². The number of rotatable bonds is 10. The third-order valence-electron chi connectivity index (χ3n) is 8.51. The van der Waals surface area contributed by atoms with Crippen molar-refractivity contribution in [3.63, 3.8) is 0 Å². The van der Waals surface area contributed by atoms with Gasteiger partial charge < -0.3 is 29.0 Å². The smallest absolute Gasteiger partial charge is 0.338 e. The number of cyclic esters (lactones) is 1. The number of nitrogens with one attached hydrogen (secondary N) is 1. The highest BCUT2D eigenvalue weighted by Crippen LogP contribution is 2.40. The van der Waals surface area contributed by atoms with Crippen LogP contribution in [0.15, 0.2) is 59.1 Å². The summed E-state index contributed by atoms with van der Waals surface area (Å²) in [5.41, 5.74) is 2.74. The Labute approximate surface area is 261 Å². The van der Waals surface area contributed by atoms with E-state index in [1.54, 1.807) is 42.2 Å². The zero-order valence-electron chi connectivity index (χ0n) is 25.4. The van der Waals surface area contributed by atoms with E-state index in [0.717, 1.165) is 5.56 Å². The van der Waals surface area contributed by atoms with Gasteiger partial charge in [0.25, 0.3) is 5.91 Å². The number of esters is 2. The van der Waals surface area contributed by atoms with Gasteiger partial charge in [-0.15, -0.1) is 0 Å². The number of hydrogen-bond acceptors (Lipinski definition) is 9. The Morgan fingerprint density at radius 1 is 1.04 bits per heavy atom. The maximum atomic E-state index is 13.0. The molecule has 0 spiro atoms. The van der Waals surface area contributed by atoms with Crippen LogP contribution in [-0.4, -0.2) is 65.7 Å². The number of hydrogen-bond donors (Lipinski definition) is 1. The number of benzene rings is 2. The number of ether oxygens (including phenoxy) is 3. The number of aryl methyl sites for hydroxylation is 1. The fourth-order valence-corrected chi connectivity index (χ4v) is 5.86. The lowest BCUT2D eigenvalue weighted by atomic mass is 10.00. The SMILES string of the molecule is Cc1cc(C(=O)N[C@@H](C)[C@H](Oc2ccc(C(=O)O[C@H]3CCCN(C(=O)[C@H]4COC(=O)C4)C3)cc2)c2ccc(C3CC3)cc2)no1. The Kier molecular flexibility index (Phi) is 8.86. The van der Waals surface area contributed by atoms with E-state index < -0.39 is 30.1 Å². The van der Waals surface area contributed by atoms with Gasteiger partial charge in [0.1, 0.15) is 30.3 Å². The summed E-state index contributed by atoms with van der Waals surface area (Å²) in [5.74, 6) is -0.152. The highest BCUT2D eigenvalue weighted by Gasteiger charge is 2.36. The van der Waals surface area contributed by atoms with Crippen LogP contribution in [0.3, 0.4) is 0 Å². The highest BCUT2D eigenvalue weighted by molar-refractivity contribution is 5.92. The molecule has 0 bridgehead atoms. The van der Waals surface area contributed by atoms with Crippen molar-refractivity contribution in [1.82, 2.24) is 15.4 Å². The van der Waals surface area contributed by atoms with E-state index in [1.165, 1.54) is 18.4 Å². The van der Waals surface area contributed by atoms with Crippen LogP contribution in [0, 0.1) is 12.8 Å². The van der Waals surface area contributed by atoms with E-state index in [4.69, 9.17) is 18.7 Å². The molecule has 2 saturated heterocycles. The maximum absolute atomic E-state index is 13.0. The quantitative estimate of drug-likeness (QED) is 0.327. The summed E-state index contributed by atoms with van der Waals surface area (Å²) in [6, 6.07) is 16.1. The molecular weight excluding hydrogens is 578 g/mol. The number of likely N-dealkylation sites (tertiary alicyclic amines) is 1. The lowest BCUT2D eigenvalue weighted by Gasteiger charge is -2.33. The van der Waals surface area contributed by atoms with Gasteiger partial charge >= 0.3 is 11.9 Å². The van der Waals surface area contributed by atoms with Crippen LogP contribution in [0.4, 0.5) is 0 Å². The fraction of sp³-hybridized carbons (Fsp3) is 0.441. The van der Waals surface area contributed by atoms with Crippen molar-refractivity contribution in [2.24, 2.45) is 5.92 Å². The van der Waals surface area contributed by atoms with Crippen LogP contribution >= 0.6 is 0 Å². The highest BCUT2D eigenvalue weighted by atomic mass is 16.5. The summed E-state index contributed by atoms with van der Waals surface area (Å²) >= 11 is 0. The van der Waals surface area contributed by atoms with Crippen LogP contribution in [0.5, 0.6) is 5.75 Å². The normalized spacial score (nSPS) is 21.0. The third kappa shape index (κ3) is 7.35. The van der Waals surface area contributed by atoms with Gasteiger partial charge in [-0.1, -0.05) is 29.4 Å². The second-order valence-corrected chi connectivity index (χ2v) is 12.1. The summed E-state index contributed by atoms with van der Waals surface area (Å²) in [4.78, 5) is 51.8. The van der Waals surface area contributed by atoms with E-state index in [9.17, 15) is 19.2 Å². The van der Waals surface area contributed by atoms with Crippen molar-refractivity contribution in [1.29, 1.82) is 0 Å². The first kappa shape index (κ1) is 30.4. The molecule has 45 heavy (non-hydrogen) atoms. The molecule has 236 valence electrons. The van der Waals surface area contributed by atoms with Crippen molar-refractivity contribution in [3.8, 4) is 5.75 Å². The average molecular weight is 616 g/mol. The molecule has 1 saturated carbocycles. The first-order valence-corrected chi connectivity index (χ1v) is 15.5. The van der Waals surface area contributed by atoms with E-state index in [-0.39, 0.29) is 43.1 Å². The molecule has 6 rings (SSSR count). The molecule has 0 radical (unpaired) electrons. The second-order valence-electron chi connectivity index (χ2n) is 12.1. The second kappa shape index (κ2) is 13.1.